The Morgan fingerprint density at radius 1 is 0.698 bits per heavy atom. The lowest BCUT2D eigenvalue weighted by molar-refractivity contribution is -0.332. The molecular formula is C41H70O12. The van der Waals surface area contributed by atoms with Gasteiger partial charge in [-0.1, -0.05) is 34.6 Å². The van der Waals surface area contributed by atoms with E-state index in [0.29, 0.717) is 0 Å². The van der Waals surface area contributed by atoms with Crippen molar-refractivity contribution in [3.05, 3.63) is 0 Å². The summed E-state index contributed by atoms with van der Waals surface area (Å²) in [5.41, 5.74) is -2.05. The van der Waals surface area contributed by atoms with Gasteiger partial charge in [0.1, 0.15) is 36.6 Å². The van der Waals surface area contributed by atoms with E-state index in [2.05, 4.69) is 41.5 Å². The molecule has 0 spiro atoms. The predicted octanol–water partition coefficient (Wildman–Crippen LogP) is 3.03. The summed E-state index contributed by atoms with van der Waals surface area (Å²) in [5.74, 6) is 0.698. The van der Waals surface area contributed by atoms with Crippen molar-refractivity contribution in [1.82, 2.24) is 0 Å². The monoisotopic (exact) mass is 754 g/mol. The minimum Gasteiger partial charge on any atom is -0.394 e. The molecule has 3 heterocycles. The van der Waals surface area contributed by atoms with Crippen molar-refractivity contribution in [2.24, 2.45) is 45.3 Å². The van der Waals surface area contributed by atoms with Gasteiger partial charge in [0.05, 0.1) is 42.2 Å². The van der Waals surface area contributed by atoms with E-state index < -0.39 is 73.1 Å². The molecule has 7 rings (SSSR count). The predicted molar refractivity (Wildman–Crippen MR) is 193 cm³/mol. The highest BCUT2D eigenvalue weighted by atomic mass is 16.7. The van der Waals surface area contributed by atoms with Crippen molar-refractivity contribution in [2.75, 3.05) is 6.61 Å². The number of hydrogen-bond donors (Lipinski definition) is 7. The zero-order valence-electron chi connectivity index (χ0n) is 33.5. The number of ether oxygens (including phenoxy) is 5. The number of aliphatic hydroxyl groups excluding tert-OH is 6. The largest absolute Gasteiger partial charge is 0.394 e. The Morgan fingerprint density at radius 2 is 1.34 bits per heavy atom. The number of rotatable bonds is 7. The number of hydrogen-bond acceptors (Lipinski definition) is 12. The maximum atomic E-state index is 11.2. The fraction of sp³-hybridized carbons (Fsp3) is 1.00. The van der Waals surface area contributed by atoms with E-state index in [9.17, 15) is 35.7 Å². The third-order valence-corrected chi connectivity index (χ3v) is 17.1. The fourth-order valence-corrected chi connectivity index (χ4v) is 13.8. The third-order valence-electron chi connectivity index (χ3n) is 17.1. The van der Waals surface area contributed by atoms with Crippen LogP contribution in [0.5, 0.6) is 0 Å². The summed E-state index contributed by atoms with van der Waals surface area (Å²) in [7, 11) is 0. The number of aliphatic hydroxyl groups is 7. The molecule has 20 atom stereocenters. The van der Waals surface area contributed by atoms with Crippen LogP contribution in [-0.4, -0.2) is 127 Å². The highest BCUT2D eigenvalue weighted by Crippen LogP contribution is 2.76. The van der Waals surface area contributed by atoms with Crippen LogP contribution < -0.4 is 0 Å². The Hall–Kier alpha value is -0.480. The summed E-state index contributed by atoms with van der Waals surface area (Å²) < 4.78 is 32.3. The zero-order valence-corrected chi connectivity index (χ0v) is 33.5. The van der Waals surface area contributed by atoms with E-state index in [1.165, 1.54) is 0 Å². The number of fused-ring (bicyclic) bond motifs is 5. The van der Waals surface area contributed by atoms with Crippen molar-refractivity contribution in [3.63, 3.8) is 0 Å². The topological polar surface area (TPSA) is 188 Å². The van der Waals surface area contributed by atoms with Crippen LogP contribution in [0.15, 0.2) is 0 Å². The van der Waals surface area contributed by atoms with Gasteiger partial charge in [-0.3, -0.25) is 0 Å². The molecule has 12 heteroatoms. The Morgan fingerprint density at radius 3 is 1.96 bits per heavy atom. The van der Waals surface area contributed by atoms with Gasteiger partial charge in [0.2, 0.25) is 0 Å². The summed E-state index contributed by atoms with van der Waals surface area (Å²) in [5, 5.41) is 74.4. The Labute approximate surface area is 315 Å². The van der Waals surface area contributed by atoms with Gasteiger partial charge >= 0.3 is 0 Å². The molecule has 7 aliphatic rings. The second-order valence-corrected chi connectivity index (χ2v) is 20.6. The van der Waals surface area contributed by atoms with Crippen LogP contribution in [0.3, 0.4) is 0 Å². The van der Waals surface area contributed by atoms with Gasteiger partial charge in [0.15, 0.2) is 12.6 Å². The molecule has 0 amide bonds. The second kappa shape index (κ2) is 13.5. The van der Waals surface area contributed by atoms with Gasteiger partial charge in [-0.25, -0.2) is 0 Å². The average Bonchev–Trinajstić information content (AvgIpc) is 3.75. The summed E-state index contributed by atoms with van der Waals surface area (Å²) in [6, 6.07) is 0. The summed E-state index contributed by atoms with van der Waals surface area (Å²) >= 11 is 0. The van der Waals surface area contributed by atoms with Crippen LogP contribution in [0.25, 0.3) is 0 Å². The van der Waals surface area contributed by atoms with Gasteiger partial charge in [-0.2, -0.15) is 0 Å². The van der Waals surface area contributed by atoms with Gasteiger partial charge in [-0.05, 0) is 131 Å². The molecule has 0 aromatic heterocycles. The Balaban J connectivity index is 1.22. The van der Waals surface area contributed by atoms with Crippen molar-refractivity contribution in [3.8, 4) is 0 Å². The van der Waals surface area contributed by atoms with Gasteiger partial charge < -0.3 is 59.4 Å². The highest BCUT2D eigenvalue weighted by molar-refractivity contribution is 5.21. The van der Waals surface area contributed by atoms with E-state index in [-0.39, 0.29) is 63.6 Å². The molecule has 0 aromatic rings. The molecule has 12 nitrogen and oxygen atoms in total. The van der Waals surface area contributed by atoms with E-state index in [1.807, 2.05) is 13.8 Å². The van der Waals surface area contributed by atoms with Crippen LogP contribution in [0, 0.1) is 45.3 Å². The lowest BCUT2D eigenvalue weighted by atomic mass is 9.35. The zero-order chi connectivity index (χ0) is 38.8. The van der Waals surface area contributed by atoms with Crippen LogP contribution in [0.1, 0.15) is 120 Å². The molecule has 0 unspecified atom stereocenters. The molecule has 3 aliphatic heterocycles. The van der Waals surface area contributed by atoms with Gasteiger partial charge in [-0.15, -0.1) is 0 Å². The lowest BCUT2D eigenvalue weighted by Gasteiger charge is -2.71. The summed E-state index contributed by atoms with van der Waals surface area (Å²) in [6.07, 6.45) is -3.07. The maximum Gasteiger partial charge on any atom is 0.186 e. The van der Waals surface area contributed by atoms with Crippen molar-refractivity contribution >= 4 is 0 Å². The first kappa shape index (κ1) is 40.7. The van der Waals surface area contributed by atoms with Crippen molar-refractivity contribution in [1.29, 1.82) is 0 Å². The minimum atomic E-state index is -1.41. The molecule has 4 saturated carbocycles. The normalized spacial score (nSPS) is 56.8. The SMILES string of the molecule is C[C@@H]1O[C@H](O[C@H]2C[C@H]3[C@@]4(C)CC[C@H](O[C@H]5O[C@H](CO)[C@@H](O)[C@@H]5O)C(C)(C)[C@@H]4CC[C@]3(C)[C@]3(C)CC[C@@H]([C@@]4(C)CC[C@@H](C(C)(C)O)O4)[C@H]23)[C@@H](O)[C@H](O)[C@H]1O. The first-order valence-corrected chi connectivity index (χ1v) is 20.6. The lowest BCUT2D eigenvalue weighted by Crippen LogP contribution is -2.68. The van der Waals surface area contributed by atoms with Crippen LogP contribution in [0.2, 0.25) is 0 Å². The Bertz CT molecular complexity index is 1340. The Kier molecular flexibility index (Phi) is 10.4. The molecule has 306 valence electrons. The molecule has 3 saturated heterocycles. The van der Waals surface area contributed by atoms with E-state index in [1.54, 1.807) is 6.92 Å². The van der Waals surface area contributed by atoms with Crippen LogP contribution in [0.4, 0.5) is 0 Å². The van der Waals surface area contributed by atoms with Gasteiger partial charge in [0, 0.05) is 0 Å². The molecule has 0 bridgehead atoms. The first-order valence-electron chi connectivity index (χ1n) is 20.6. The smallest absolute Gasteiger partial charge is 0.186 e. The van der Waals surface area contributed by atoms with E-state index >= 15 is 0 Å². The third kappa shape index (κ3) is 6.13. The van der Waals surface area contributed by atoms with Crippen molar-refractivity contribution in [2.45, 2.75) is 205 Å². The maximum absolute atomic E-state index is 11.2. The molecule has 7 N–H and O–H groups in total. The quantitative estimate of drug-likeness (QED) is 0.189. The molecule has 7 fully saturated rings. The molecule has 4 aliphatic carbocycles. The van der Waals surface area contributed by atoms with E-state index in [0.717, 1.165) is 57.8 Å². The molecular weight excluding hydrogens is 684 g/mol. The molecule has 0 aromatic carbocycles. The molecule has 53 heavy (non-hydrogen) atoms. The average molecular weight is 755 g/mol. The standard InChI is InChI=1S/C41H70O12/c1-20-29(43)31(45)33(47)34(49-20)50-22-18-25-38(6)14-12-26(52-35-32(46)30(44)23(19-42)51-35)36(2,3)24(38)11-16-39(25,7)40(8)15-10-21(28(22)40)41(9)17-13-27(53-41)37(4,5)48/h20-35,42-48H,10-19H2,1-9H3/t20-,21+,22-,23+,24-,25-,26-,27-,28+,29-,30+,31+,32-,33-,34+,35+,38-,39-,40+,41+/m0/s1. The highest BCUT2D eigenvalue weighted by Gasteiger charge is 2.73. The second-order valence-electron chi connectivity index (χ2n) is 20.6. The summed E-state index contributed by atoms with van der Waals surface area (Å²) in [4.78, 5) is 0. The van der Waals surface area contributed by atoms with Crippen LogP contribution >= 0.6 is 0 Å². The first-order chi connectivity index (χ1) is 24.5. The van der Waals surface area contributed by atoms with Crippen molar-refractivity contribution < 1.29 is 59.4 Å². The minimum absolute atomic E-state index is 0.0514. The summed E-state index contributed by atoms with van der Waals surface area (Å²) in [6.45, 7) is 19.1. The van der Waals surface area contributed by atoms with Gasteiger partial charge in [0.25, 0.3) is 0 Å². The molecule has 0 radical (unpaired) electrons. The van der Waals surface area contributed by atoms with E-state index in [4.69, 9.17) is 23.7 Å². The fourth-order valence-electron chi connectivity index (χ4n) is 13.8. The van der Waals surface area contributed by atoms with Crippen LogP contribution in [-0.2, 0) is 23.7 Å².